The van der Waals surface area contributed by atoms with Crippen LogP contribution in [0.2, 0.25) is 0 Å². The van der Waals surface area contributed by atoms with Gasteiger partial charge in [-0.25, -0.2) is 16.8 Å². The average Bonchev–Trinajstić information content (AvgIpc) is 1.45. The minimum Gasteiger partial charge on any atom is -1.00 e. The standard InChI is InChI=1S/C35H52O5S.C30H42O4S.C29H48O3.C5H10O.CH4O.FH.Mg.H2S.7H2.2H/c1-7-35(38)18-17-33(5)24(20-35)13-14-26-28-16-15-27(34(28,6)21-30(37)32(26)33)23(4)31(19-29(36)22(2)3)41(39,40)25-11-9-8-10-12-25;1-5-30(32)16-15-28(3)21(17-30)11-12-23-25-14-13-24(29(25,4)18-26(31)27(23)28)20(2)19-35(33,34)22-9-7-6-8-10-22;1-7-29(32)15-14-27(5)20(16-29)9-10-21-23-12-11-22(19(4)8-13-24(30)18(2)3)28(23,6)17-25(31)26(21)27;1-4(2)5-3-6-5;1-2;;;;;;;;;;;;/h8-13,22-23,26-29,31-32,36,38H,7,14-21H2,1-6H3;6-11,20,23-25,27,32H,5,12-19H2,1-4H3;9,18-19,21-24,26,30,32H,7-8,10-17H2,1-6H3;4-5H,3H2,1-2H3;2H,1H3;1H;;1H2;7*1H;;/q;;;;;;+2;;;;;;;;;2*-1/t23-,26-,27+,28-,29-,31?,32+,33-,34+,35-;20-,23+,24-,25+,27-,28+,29-,30+;19-,21+,22-,23+,24+,26-,27+,28-,29+;5-;;;;;;;;;;;;;/m0110............./s1/i;;;;;;;;6*1+1D;1+1;;. The van der Waals surface area contributed by atoms with Crippen LogP contribution in [0.4, 0.5) is 4.70 Å². The fourth-order valence-corrected chi connectivity index (χ4v) is 31.9. The van der Waals surface area contributed by atoms with E-state index in [1.54, 1.807) is 48.5 Å². The van der Waals surface area contributed by atoms with Gasteiger partial charge in [0.25, 0.3) is 0 Å². The maximum Gasteiger partial charge on any atom is 2.00 e. The summed E-state index contributed by atoms with van der Waals surface area (Å²) >= 11 is 0. The van der Waals surface area contributed by atoms with Gasteiger partial charge in [0.15, 0.2) is 19.7 Å². The van der Waals surface area contributed by atoms with Gasteiger partial charge in [-0.3, -0.25) is 19.1 Å². The molecule has 1 aliphatic heterocycles. The topological polar surface area (TPSA) is 253 Å². The molecule has 6 N–H and O–H groups in total. The number of Topliss-reactive ketones (excluding diaryl/α,β-unsaturated/α-hetero) is 3. The van der Waals surface area contributed by atoms with Crippen molar-refractivity contribution < 1.29 is 93.4 Å². The zero-order valence-electron chi connectivity index (χ0n) is 90.6. The monoisotopic (exact) mass is 1750 g/mol. The molecule has 10 fully saturated rings. The summed E-state index contributed by atoms with van der Waals surface area (Å²) in [6, 6.07) is 17.5. The van der Waals surface area contributed by atoms with Crippen molar-refractivity contribution in [1.29, 1.82) is 0 Å². The largest absolute Gasteiger partial charge is 2.00 e. The number of carbonyl (C=O) groups is 3. The van der Waals surface area contributed by atoms with Gasteiger partial charge in [-0.2, -0.15) is 13.5 Å². The number of ether oxygens (including phenoxy) is 1. The van der Waals surface area contributed by atoms with Crippen molar-refractivity contribution >= 4 is 73.6 Å². The number of fused-ring (bicyclic) bond motifs is 15. The Balaban J connectivity index is 0. The Kier molecular flexibility index (Phi) is 30.4. The van der Waals surface area contributed by atoms with Gasteiger partial charge in [-0.05, 0) is 300 Å². The van der Waals surface area contributed by atoms with Crippen molar-refractivity contribution in [3.63, 3.8) is 0 Å². The Hall–Kier alpha value is -2.66. The third-order valence-electron chi connectivity index (χ3n) is 35.7. The molecule has 13 aliphatic rings. The van der Waals surface area contributed by atoms with Crippen molar-refractivity contribution in [2.24, 2.45) is 139 Å². The number of allylic oxidation sites excluding steroid dienone is 3. The first-order valence-electron chi connectivity index (χ1n) is 52.2. The van der Waals surface area contributed by atoms with Crippen LogP contribution in [-0.2, 0) is 38.8 Å². The molecular weight excluding hydrogens is 1560 g/mol. The van der Waals surface area contributed by atoms with Crippen LogP contribution < -0.4 is 0 Å². The van der Waals surface area contributed by atoms with E-state index in [1.807, 2.05) is 26.0 Å². The van der Waals surface area contributed by atoms with E-state index in [0.29, 0.717) is 106 Å². The molecule has 2 aromatic rings. The second-order valence-corrected chi connectivity index (χ2v) is 47.2. The number of hydrogen-bond acceptors (Lipinski definition) is 14. The molecule has 15 rings (SSSR count). The number of epoxide rings is 1. The Morgan fingerprint density at radius 2 is 0.824 bits per heavy atom. The van der Waals surface area contributed by atoms with E-state index in [-0.39, 0.29) is 150 Å². The van der Waals surface area contributed by atoms with Crippen LogP contribution >= 0.6 is 13.5 Å². The van der Waals surface area contributed by atoms with Crippen molar-refractivity contribution in [3.05, 3.63) is 95.6 Å². The molecule has 2 aromatic carbocycles. The van der Waals surface area contributed by atoms with E-state index < -0.39 is 47.8 Å². The van der Waals surface area contributed by atoms with Gasteiger partial charge in [0.2, 0.25) is 0 Å². The molecule has 19 heteroatoms. The molecule has 0 spiro atoms. The van der Waals surface area contributed by atoms with Gasteiger partial charge in [0.1, 0.15) is 17.3 Å². The zero-order valence-corrected chi connectivity index (χ0v) is 80.6. The first-order chi connectivity index (χ1) is 60.4. The van der Waals surface area contributed by atoms with Crippen LogP contribution in [-0.4, -0.2) is 148 Å². The summed E-state index contributed by atoms with van der Waals surface area (Å²) in [5.74, 6) is 6.42. The second kappa shape index (κ2) is 39.1. The summed E-state index contributed by atoms with van der Waals surface area (Å²) in [7, 11) is -6.04. The number of carbonyl (C=O) groups excluding carboxylic acids is 3. The third kappa shape index (κ3) is 19.7. The van der Waals surface area contributed by atoms with Crippen LogP contribution in [0, 0.1) is 139 Å². The fraction of sp³-hybridized carbons (Fsp3) is 0.790. The summed E-state index contributed by atoms with van der Waals surface area (Å²) in [4.78, 5) is 42.7. The quantitative estimate of drug-likeness (QED) is 0.0410. The molecule has 119 heavy (non-hydrogen) atoms. The van der Waals surface area contributed by atoms with E-state index in [4.69, 9.17) is 27.7 Å². The van der Waals surface area contributed by atoms with Crippen molar-refractivity contribution in [3.8, 4) is 0 Å². The number of ketones is 3. The molecule has 0 aromatic heterocycles. The van der Waals surface area contributed by atoms with E-state index >= 15 is 0 Å². The molecule has 0 bridgehead atoms. The van der Waals surface area contributed by atoms with Crippen LogP contribution in [0.3, 0.4) is 0 Å². The van der Waals surface area contributed by atoms with Gasteiger partial charge in [-0.15, -0.1) is 0 Å². The number of aliphatic hydroxyl groups excluding tert-OH is 3. The number of rotatable bonds is 20. The van der Waals surface area contributed by atoms with Crippen molar-refractivity contribution in [2.45, 2.75) is 348 Å². The summed E-state index contributed by atoms with van der Waals surface area (Å²) in [5.41, 5.74) is 1.46. The van der Waals surface area contributed by atoms with Gasteiger partial charge in [0, 0.05) is 63.4 Å². The normalized spacial score (nSPS) is 40.2. The number of hydrogen-bond donors (Lipinski definition) is 6. The molecule has 28 atom stereocenters. The van der Waals surface area contributed by atoms with Crippen molar-refractivity contribution in [1.82, 2.24) is 0 Å². The van der Waals surface area contributed by atoms with Crippen LogP contribution in [0.15, 0.2) is 105 Å². The molecule has 686 valence electrons. The molecule has 12 aliphatic carbocycles. The number of halogens is 1. The van der Waals surface area contributed by atoms with E-state index in [1.165, 1.54) is 29.6 Å². The summed E-state index contributed by atoms with van der Waals surface area (Å²) < 4.78 is 119. The molecular formula is C100H175FMgO14S3. The number of benzene rings is 2. The minimum atomic E-state index is -3.69. The molecule has 0 radical (unpaired) electrons. The molecule has 1 saturated heterocycles. The zero-order chi connectivity index (χ0) is 97.2. The minimum absolute atomic E-state index is 0. The molecule has 1 unspecified atom stereocenters. The fourth-order valence-electron chi connectivity index (χ4n) is 28.2. The number of sulfone groups is 2. The van der Waals surface area contributed by atoms with Crippen molar-refractivity contribution in [2.75, 3.05) is 19.5 Å². The smallest absolute Gasteiger partial charge is 1.00 e. The number of aliphatic hydroxyl groups is 6. The average molecular weight is 1750 g/mol. The first-order valence-corrected chi connectivity index (χ1v) is 49.4. The third-order valence-corrected chi connectivity index (χ3v) is 40.0. The van der Waals surface area contributed by atoms with Gasteiger partial charge < -0.3 is 38.2 Å². The molecule has 9 saturated carbocycles. The molecule has 0 amide bonds. The molecule has 1 heterocycles. The van der Waals surface area contributed by atoms with E-state index in [9.17, 15) is 56.8 Å². The first kappa shape index (κ1) is 92.5. The maximum absolute atomic E-state index is 14.2. The Morgan fingerprint density at radius 3 is 1.15 bits per heavy atom. The van der Waals surface area contributed by atoms with Crippen LogP contribution in [0.25, 0.3) is 0 Å². The summed E-state index contributed by atoms with van der Waals surface area (Å²) in [6.07, 6.45) is 29.6. The summed E-state index contributed by atoms with van der Waals surface area (Å²) in [5, 5.41) is 60.6. The van der Waals surface area contributed by atoms with Crippen LogP contribution in [0.5, 0.6) is 0 Å². The molecule has 14 nitrogen and oxygen atoms in total. The Labute approximate surface area is 764 Å². The second-order valence-electron chi connectivity index (χ2n) is 43.0. The van der Waals surface area contributed by atoms with Gasteiger partial charge >= 0.3 is 23.1 Å². The van der Waals surface area contributed by atoms with Crippen LogP contribution in [0.1, 0.15) is 320 Å². The summed E-state index contributed by atoms with van der Waals surface area (Å²) in [6.45, 7) is 40.0. The van der Waals surface area contributed by atoms with Gasteiger partial charge in [0.05, 0.1) is 62.5 Å². The Morgan fingerprint density at radius 1 is 0.487 bits per heavy atom. The van der Waals surface area contributed by atoms with Gasteiger partial charge in [-0.1, -0.05) is 196 Å². The SMILES string of the molecule is CC(C)[C@@H]1CO1.CC[C@]1(O)CC[C@@]2(C)C(=CC[C@H]3[C@@H]4CC[C@H]([C@H](C)C(C[C@H](O)C(C)C)S(=O)(=O)c5ccccc5)[C@@]4(C)CC(=O)[C@@H]32)C1.CC[C@]1(O)CC[C@@]2(C)C(=CC[C@H]3[C@@H]4CC[C@H]([C@H](C)CC[C@H](O)C(C)C)[C@@]4(C)CC(=O)[C@@H]32)C1.CC[C@]1(O)CC[C@@]2(C)C(=CC[C@H]3[C@@H]4CC[C@H]([C@H](C)CS(=O)(=O)c5ccccc5)[C@@]4(C)CC(=O)[C@@H]32)C1.CO.F.S.[2HH].[2H][2H].[2H][2H].[2H][2H].[2H][2H].[2H][2H].[2H][2H].[H-].[H-].[Mg+2]. The van der Waals surface area contributed by atoms with E-state index in [2.05, 4.69) is 129 Å². The Bertz CT molecular complexity index is 4180. The predicted molar refractivity (Wildman–Crippen MR) is 500 cm³/mol. The van der Waals surface area contributed by atoms with E-state index in [0.717, 1.165) is 148 Å². The predicted octanol–water partition coefficient (Wildman–Crippen LogP) is 21.6. The maximum atomic E-state index is 14.2.